The van der Waals surface area contributed by atoms with Gasteiger partial charge in [-0.2, -0.15) is 0 Å². The van der Waals surface area contributed by atoms with Crippen LogP contribution in [-0.4, -0.2) is 25.3 Å². The van der Waals surface area contributed by atoms with Crippen molar-refractivity contribution in [3.63, 3.8) is 0 Å². The van der Waals surface area contributed by atoms with E-state index in [1.54, 1.807) is 0 Å². The summed E-state index contributed by atoms with van der Waals surface area (Å²) in [6.07, 6.45) is 1.30. The number of morpholine rings is 1. The summed E-state index contributed by atoms with van der Waals surface area (Å²) in [6, 6.07) is 8.28. The Balaban J connectivity index is 2.02. The van der Waals surface area contributed by atoms with Gasteiger partial charge in [0.2, 0.25) is 0 Å². The lowest BCUT2D eigenvalue weighted by atomic mass is 9.82. The van der Waals surface area contributed by atoms with Gasteiger partial charge in [0, 0.05) is 5.69 Å². The van der Waals surface area contributed by atoms with Crippen LogP contribution >= 0.6 is 0 Å². The Morgan fingerprint density at radius 3 is 2.30 bits per heavy atom. The summed E-state index contributed by atoms with van der Waals surface area (Å²) in [6.45, 7) is 13.3. The van der Waals surface area contributed by atoms with Crippen molar-refractivity contribution in [2.45, 2.75) is 64.5 Å². The number of rotatable bonds is 2. The van der Waals surface area contributed by atoms with E-state index in [2.05, 4.69) is 57.7 Å². The number of hydrogen-bond acceptors (Lipinski definition) is 2. The summed E-state index contributed by atoms with van der Waals surface area (Å²) in [4.78, 5) is 2.62. The van der Waals surface area contributed by atoms with E-state index in [-0.39, 0.29) is 5.41 Å². The molecule has 2 nitrogen and oxygen atoms in total. The Morgan fingerprint density at radius 2 is 1.80 bits per heavy atom. The fourth-order valence-electron chi connectivity index (χ4n) is 3.45. The predicted octanol–water partition coefficient (Wildman–Crippen LogP) is 4.09. The van der Waals surface area contributed by atoms with E-state index >= 15 is 0 Å². The zero-order chi connectivity index (χ0) is 14.5. The SMILES string of the molecule is CC(C)c1ccc(C(C)(C)C)cc1N1C2COCC1C2. The Kier molecular flexibility index (Phi) is 3.32. The molecule has 0 aromatic heterocycles. The summed E-state index contributed by atoms with van der Waals surface area (Å²) in [5.41, 5.74) is 4.58. The fraction of sp³-hybridized carbons (Fsp3) is 0.667. The van der Waals surface area contributed by atoms with Gasteiger partial charge in [0.05, 0.1) is 25.3 Å². The molecular formula is C18H27NO. The van der Waals surface area contributed by atoms with E-state index in [9.17, 15) is 0 Å². The number of hydrogen-bond donors (Lipinski definition) is 0. The first kappa shape index (κ1) is 13.9. The smallest absolute Gasteiger partial charge is 0.0672 e. The summed E-state index contributed by atoms with van der Waals surface area (Å²) in [7, 11) is 0. The van der Waals surface area contributed by atoms with E-state index in [0.29, 0.717) is 18.0 Å². The van der Waals surface area contributed by atoms with Crippen LogP contribution in [0, 0.1) is 0 Å². The van der Waals surface area contributed by atoms with E-state index in [4.69, 9.17) is 4.74 Å². The number of nitrogens with zero attached hydrogens (tertiary/aromatic N) is 1. The van der Waals surface area contributed by atoms with Gasteiger partial charge in [-0.25, -0.2) is 0 Å². The van der Waals surface area contributed by atoms with E-state index in [0.717, 1.165) is 13.2 Å². The Hall–Kier alpha value is -1.02. The highest BCUT2D eigenvalue weighted by Gasteiger charge is 2.43. The van der Waals surface area contributed by atoms with E-state index in [1.807, 2.05) is 0 Å². The van der Waals surface area contributed by atoms with Crippen molar-refractivity contribution >= 4 is 5.69 Å². The molecule has 0 saturated carbocycles. The van der Waals surface area contributed by atoms with Crippen molar-refractivity contribution in [1.29, 1.82) is 0 Å². The number of benzene rings is 1. The minimum absolute atomic E-state index is 0.209. The zero-order valence-corrected chi connectivity index (χ0v) is 13.4. The molecule has 2 fully saturated rings. The normalized spacial score (nSPS) is 25.8. The molecule has 2 aliphatic heterocycles. The minimum Gasteiger partial charge on any atom is -0.377 e. The molecule has 2 heterocycles. The average Bonchev–Trinajstić information content (AvgIpc) is 2.38. The molecule has 2 bridgehead atoms. The third-order valence-corrected chi connectivity index (χ3v) is 4.75. The first-order valence-electron chi connectivity index (χ1n) is 7.88. The molecule has 0 N–H and O–H groups in total. The second-order valence-electron chi connectivity index (χ2n) is 7.67. The maximum Gasteiger partial charge on any atom is 0.0672 e. The van der Waals surface area contributed by atoms with Crippen LogP contribution in [0.25, 0.3) is 0 Å². The highest BCUT2D eigenvalue weighted by Crippen LogP contribution is 2.41. The molecule has 1 aromatic carbocycles. The second-order valence-corrected chi connectivity index (χ2v) is 7.67. The molecule has 2 aliphatic rings. The molecule has 2 heteroatoms. The van der Waals surface area contributed by atoms with Crippen LogP contribution in [-0.2, 0) is 10.2 Å². The van der Waals surface area contributed by atoms with Gasteiger partial charge < -0.3 is 9.64 Å². The first-order valence-corrected chi connectivity index (χ1v) is 7.88. The molecule has 0 amide bonds. The van der Waals surface area contributed by atoms with E-state index < -0.39 is 0 Å². The van der Waals surface area contributed by atoms with Gasteiger partial charge in [-0.05, 0) is 34.9 Å². The summed E-state index contributed by atoms with van der Waals surface area (Å²) in [5.74, 6) is 0.571. The van der Waals surface area contributed by atoms with Crippen LogP contribution in [0.4, 0.5) is 5.69 Å². The lowest BCUT2D eigenvalue weighted by molar-refractivity contribution is 0.0101. The topological polar surface area (TPSA) is 12.5 Å². The zero-order valence-electron chi connectivity index (χ0n) is 13.4. The largest absolute Gasteiger partial charge is 0.377 e. The Morgan fingerprint density at radius 1 is 1.15 bits per heavy atom. The van der Waals surface area contributed by atoms with Crippen LogP contribution in [0.15, 0.2) is 18.2 Å². The fourth-order valence-corrected chi connectivity index (χ4v) is 3.45. The molecule has 2 saturated heterocycles. The van der Waals surface area contributed by atoms with Gasteiger partial charge in [-0.1, -0.05) is 46.8 Å². The average molecular weight is 273 g/mol. The number of ether oxygens (including phenoxy) is 1. The van der Waals surface area contributed by atoms with Crippen LogP contribution in [0.3, 0.4) is 0 Å². The van der Waals surface area contributed by atoms with Gasteiger partial charge >= 0.3 is 0 Å². The van der Waals surface area contributed by atoms with Crippen molar-refractivity contribution in [1.82, 2.24) is 0 Å². The quantitative estimate of drug-likeness (QED) is 0.805. The molecule has 110 valence electrons. The Labute approximate surface area is 123 Å². The first-order chi connectivity index (χ1) is 9.38. The van der Waals surface area contributed by atoms with Gasteiger partial charge in [0.25, 0.3) is 0 Å². The van der Waals surface area contributed by atoms with Crippen molar-refractivity contribution in [3.05, 3.63) is 29.3 Å². The molecule has 1 aromatic rings. The molecular weight excluding hydrogens is 246 g/mol. The molecule has 0 spiro atoms. The number of fused-ring (bicyclic) bond motifs is 2. The molecule has 20 heavy (non-hydrogen) atoms. The van der Waals surface area contributed by atoms with Crippen LogP contribution < -0.4 is 4.90 Å². The second kappa shape index (κ2) is 4.77. The van der Waals surface area contributed by atoms with Gasteiger partial charge in [0.1, 0.15) is 0 Å². The molecule has 3 rings (SSSR count). The summed E-state index contributed by atoms with van der Waals surface area (Å²) < 4.78 is 5.64. The molecule has 2 atom stereocenters. The van der Waals surface area contributed by atoms with Crippen molar-refractivity contribution < 1.29 is 4.74 Å². The molecule has 2 unspecified atom stereocenters. The lowest BCUT2D eigenvalue weighted by Crippen LogP contribution is -2.64. The molecule has 0 radical (unpaired) electrons. The maximum absolute atomic E-state index is 5.64. The standard InChI is InChI=1S/C18H27NO/c1-12(2)16-7-6-13(18(3,4)5)8-17(16)19-14-9-15(19)11-20-10-14/h6-8,12,14-15H,9-11H2,1-5H3. The van der Waals surface area contributed by atoms with Gasteiger partial charge in [0.15, 0.2) is 0 Å². The highest BCUT2D eigenvalue weighted by atomic mass is 16.5. The monoisotopic (exact) mass is 273 g/mol. The van der Waals surface area contributed by atoms with Crippen LogP contribution in [0.2, 0.25) is 0 Å². The van der Waals surface area contributed by atoms with Crippen LogP contribution in [0.5, 0.6) is 0 Å². The molecule has 0 aliphatic carbocycles. The minimum atomic E-state index is 0.209. The lowest BCUT2D eigenvalue weighted by Gasteiger charge is -2.54. The van der Waals surface area contributed by atoms with Gasteiger partial charge in [-0.15, -0.1) is 0 Å². The Bertz CT molecular complexity index is 487. The van der Waals surface area contributed by atoms with Crippen molar-refractivity contribution in [3.8, 4) is 0 Å². The van der Waals surface area contributed by atoms with Crippen molar-refractivity contribution in [2.24, 2.45) is 0 Å². The van der Waals surface area contributed by atoms with Crippen molar-refractivity contribution in [2.75, 3.05) is 18.1 Å². The predicted molar refractivity (Wildman–Crippen MR) is 84.7 cm³/mol. The van der Waals surface area contributed by atoms with E-state index in [1.165, 1.54) is 23.2 Å². The summed E-state index contributed by atoms with van der Waals surface area (Å²) >= 11 is 0. The maximum atomic E-state index is 5.64. The highest BCUT2D eigenvalue weighted by molar-refractivity contribution is 5.61. The third-order valence-electron chi connectivity index (χ3n) is 4.75. The number of anilines is 1. The van der Waals surface area contributed by atoms with Crippen LogP contribution in [0.1, 0.15) is 58.1 Å². The van der Waals surface area contributed by atoms with Gasteiger partial charge in [-0.3, -0.25) is 0 Å². The summed E-state index contributed by atoms with van der Waals surface area (Å²) in [5, 5.41) is 0. The third kappa shape index (κ3) is 2.24.